The molecule has 0 bridgehead atoms. The molecular formula is C28H17NO. The summed E-state index contributed by atoms with van der Waals surface area (Å²) in [5, 5.41) is 7.34. The number of rotatable bonds is 1. The summed E-state index contributed by atoms with van der Waals surface area (Å²) in [5.74, 6) is 0.884. The molecule has 0 fully saturated rings. The number of hydrogen-bond donors (Lipinski definition) is 0. The first kappa shape index (κ1) is 15.9. The number of fused-ring (bicyclic) bond motifs is 10. The molecule has 140 valence electrons. The fourth-order valence-corrected chi connectivity index (χ4v) is 5.11. The zero-order valence-corrected chi connectivity index (χ0v) is 16.2. The van der Waals surface area contributed by atoms with Gasteiger partial charge < -0.3 is 4.74 Å². The third-order valence-electron chi connectivity index (χ3n) is 6.36. The van der Waals surface area contributed by atoms with Crippen molar-refractivity contribution in [2.45, 2.75) is 0 Å². The molecule has 2 heteroatoms. The lowest BCUT2D eigenvalue weighted by molar-refractivity contribution is 0.352. The Hall–Kier alpha value is -3.91. The summed E-state index contributed by atoms with van der Waals surface area (Å²) in [6.45, 7) is 0.409. The van der Waals surface area contributed by atoms with Crippen LogP contribution in [0.25, 0.3) is 49.9 Å². The van der Waals surface area contributed by atoms with Crippen LogP contribution < -0.4 is 15.3 Å². The lowest BCUT2D eigenvalue weighted by atomic mass is 9.87. The molecule has 0 amide bonds. The maximum atomic E-state index is 5.70. The lowest BCUT2D eigenvalue weighted by Crippen LogP contribution is -2.23. The van der Waals surface area contributed by atoms with E-state index in [0.29, 0.717) is 6.73 Å². The van der Waals surface area contributed by atoms with Crippen LogP contribution in [-0.4, -0.2) is 6.73 Å². The summed E-state index contributed by atoms with van der Waals surface area (Å²) >= 11 is 0. The van der Waals surface area contributed by atoms with Crippen molar-refractivity contribution in [2.24, 2.45) is 4.99 Å². The Morgan fingerprint density at radius 1 is 0.667 bits per heavy atom. The van der Waals surface area contributed by atoms with Gasteiger partial charge in [0.05, 0.1) is 0 Å². The molecule has 0 N–H and O–H groups in total. The highest BCUT2D eigenvalue weighted by Crippen LogP contribution is 2.44. The van der Waals surface area contributed by atoms with Crippen LogP contribution in [0.4, 0.5) is 0 Å². The van der Waals surface area contributed by atoms with Crippen molar-refractivity contribution in [1.29, 1.82) is 0 Å². The number of hydrogen-bond acceptors (Lipinski definition) is 2. The Labute approximate surface area is 173 Å². The van der Waals surface area contributed by atoms with E-state index < -0.39 is 0 Å². The second-order valence-electron chi connectivity index (χ2n) is 7.88. The van der Waals surface area contributed by atoms with Crippen LogP contribution in [0.5, 0.6) is 5.75 Å². The molecule has 0 radical (unpaired) electrons. The summed E-state index contributed by atoms with van der Waals surface area (Å²) in [4.78, 5) is 4.64. The van der Waals surface area contributed by atoms with Crippen LogP contribution in [0, 0.1) is 0 Å². The molecule has 2 aliphatic rings. The first-order valence-electron chi connectivity index (χ1n) is 10.3. The molecule has 1 heterocycles. The molecule has 1 aliphatic carbocycles. The smallest absolute Gasteiger partial charge is 0.180 e. The van der Waals surface area contributed by atoms with E-state index in [4.69, 9.17) is 4.74 Å². The fraction of sp³-hybridized carbons (Fsp3) is 0.0357. The average molecular weight is 383 g/mol. The molecule has 7 rings (SSSR count). The molecule has 0 unspecified atom stereocenters. The predicted molar refractivity (Wildman–Crippen MR) is 122 cm³/mol. The predicted octanol–water partition coefficient (Wildman–Crippen LogP) is 5.44. The third-order valence-corrected chi connectivity index (χ3v) is 6.36. The molecule has 30 heavy (non-hydrogen) atoms. The molecule has 0 aromatic heterocycles. The number of ether oxygens (including phenoxy) is 1. The molecular weight excluding hydrogens is 366 g/mol. The van der Waals surface area contributed by atoms with E-state index in [9.17, 15) is 0 Å². The van der Waals surface area contributed by atoms with Gasteiger partial charge in [0, 0.05) is 5.22 Å². The van der Waals surface area contributed by atoms with Gasteiger partial charge in [-0.3, -0.25) is 0 Å². The maximum absolute atomic E-state index is 5.70. The lowest BCUT2D eigenvalue weighted by Gasteiger charge is -2.16. The van der Waals surface area contributed by atoms with E-state index in [0.717, 1.165) is 11.1 Å². The topological polar surface area (TPSA) is 21.6 Å². The highest BCUT2D eigenvalue weighted by atomic mass is 16.5. The van der Waals surface area contributed by atoms with Crippen LogP contribution in [0.15, 0.2) is 89.9 Å². The van der Waals surface area contributed by atoms with E-state index in [1.54, 1.807) is 0 Å². The van der Waals surface area contributed by atoms with Gasteiger partial charge >= 0.3 is 0 Å². The summed E-state index contributed by atoms with van der Waals surface area (Å²) in [7, 11) is 0. The van der Waals surface area contributed by atoms with E-state index in [2.05, 4.69) is 96.0 Å². The second kappa shape index (κ2) is 5.80. The van der Waals surface area contributed by atoms with Crippen LogP contribution in [0.3, 0.4) is 0 Å². The van der Waals surface area contributed by atoms with Crippen molar-refractivity contribution in [3.63, 3.8) is 0 Å². The summed E-state index contributed by atoms with van der Waals surface area (Å²) in [5.41, 5.74) is 6.35. The van der Waals surface area contributed by atoms with Gasteiger partial charge in [-0.25, -0.2) is 4.99 Å². The van der Waals surface area contributed by atoms with Crippen molar-refractivity contribution < 1.29 is 4.74 Å². The van der Waals surface area contributed by atoms with Crippen LogP contribution in [-0.2, 0) is 0 Å². The van der Waals surface area contributed by atoms with E-state index >= 15 is 0 Å². The Bertz CT molecular complexity index is 1630. The van der Waals surface area contributed by atoms with Gasteiger partial charge in [0.25, 0.3) is 0 Å². The van der Waals surface area contributed by atoms with Crippen molar-refractivity contribution in [2.75, 3.05) is 6.73 Å². The van der Waals surface area contributed by atoms with Gasteiger partial charge in [-0.05, 0) is 67.6 Å². The third kappa shape index (κ3) is 2.00. The largest absolute Gasteiger partial charge is 0.469 e. The van der Waals surface area contributed by atoms with Gasteiger partial charge in [0.15, 0.2) is 6.73 Å². The Kier molecular flexibility index (Phi) is 3.09. The molecule has 0 saturated carbocycles. The Balaban J connectivity index is 1.74. The maximum Gasteiger partial charge on any atom is 0.180 e. The molecule has 0 spiro atoms. The minimum absolute atomic E-state index is 0.409. The van der Waals surface area contributed by atoms with Gasteiger partial charge in [-0.15, -0.1) is 0 Å². The van der Waals surface area contributed by atoms with E-state index in [1.165, 1.54) is 54.6 Å². The standard InChI is InChI=1S/C28H17NO/c1-2-7-17(8-3-1)18-11-6-12-21-19-9-4-5-10-20(19)27-22-13-14-25-28(29-16-30-25)23(22)15-24(27)26(18)21/h1-15H,16H2. The number of nitrogens with zero attached hydrogens (tertiary/aromatic N) is 1. The van der Waals surface area contributed by atoms with Crippen molar-refractivity contribution in [3.05, 3.63) is 101 Å². The van der Waals surface area contributed by atoms with Gasteiger partial charge in [-0.1, -0.05) is 72.8 Å². The number of benzene rings is 5. The normalized spacial score (nSPS) is 13.3. The Morgan fingerprint density at radius 2 is 1.47 bits per heavy atom. The molecule has 2 nitrogen and oxygen atoms in total. The van der Waals surface area contributed by atoms with Gasteiger partial charge in [0.2, 0.25) is 0 Å². The molecule has 5 aromatic rings. The first-order valence-corrected chi connectivity index (χ1v) is 10.3. The quantitative estimate of drug-likeness (QED) is 0.347. The molecule has 0 saturated heterocycles. The second-order valence-corrected chi connectivity index (χ2v) is 7.88. The highest BCUT2D eigenvalue weighted by Gasteiger charge is 2.23. The SMILES string of the molecule is C1=c2c(ccc3c2=NCO3)-c2c1c1c(-c3ccccc3)cccc1c1ccccc21. The average Bonchev–Trinajstić information content (AvgIpc) is 3.44. The minimum Gasteiger partial charge on any atom is -0.469 e. The van der Waals surface area contributed by atoms with E-state index in [-0.39, 0.29) is 0 Å². The monoisotopic (exact) mass is 383 g/mol. The molecule has 0 atom stereocenters. The minimum atomic E-state index is 0.409. The van der Waals surface area contributed by atoms with Crippen LogP contribution >= 0.6 is 0 Å². The van der Waals surface area contributed by atoms with Crippen LogP contribution in [0.1, 0.15) is 5.56 Å². The fourth-order valence-electron chi connectivity index (χ4n) is 5.11. The zero-order valence-electron chi connectivity index (χ0n) is 16.2. The van der Waals surface area contributed by atoms with Crippen molar-refractivity contribution in [3.8, 4) is 28.0 Å². The van der Waals surface area contributed by atoms with Crippen molar-refractivity contribution >= 4 is 27.6 Å². The molecule has 5 aromatic carbocycles. The van der Waals surface area contributed by atoms with Crippen molar-refractivity contribution in [1.82, 2.24) is 0 Å². The zero-order chi connectivity index (χ0) is 19.7. The van der Waals surface area contributed by atoms with E-state index in [1.807, 2.05) is 0 Å². The molecule has 1 aliphatic heterocycles. The summed E-state index contributed by atoms with van der Waals surface area (Å²) in [6, 6.07) is 30.3. The van der Waals surface area contributed by atoms with Crippen LogP contribution in [0.2, 0.25) is 0 Å². The highest BCUT2D eigenvalue weighted by molar-refractivity contribution is 6.22. The summed E-state index contributed by atoms with van der Waals surface area (Å²) < 4.78 is 5.70. The first-order chi connectivity index (χ1) is 14.9. The Morgan fingerprint density at radius 3 is 2.37 bits per heavy atom. The van der Waals surface area contributed by atoms with Gasteiger partial charge in [-0.2, -0.15) is 0 Å². The van der Waals surface area contributed by atoms with Gasteiger partial charge in [0.1, 0.15) is 11.1 Å². The summed E-state index contributed by atoms with van der Waals surface area (Å²) in [6.07, 6.45) is 2.32.